The Kier molecular flexibility index (Phi) is 5.86. The van der Waals surface area contributed by atoms with E-state index in [1.807, 2.05) is 47.4 Å². The van der Waals surface area contributed by atoms with Gasteiger partial charge in [-0.05, 0) is 36.6 Å². The van der Waals surface area contributed by atoms with Gasteiger partial charge in [0.05, 0.1) is 27.4 Å². The molecule has 1 fully saturated rings. The van der Waals surface area contributed by atoms with Gasteiger partial charge in [0.15, 0.2) is 11.5 Å². The number of para-hydroxylation sites is 1. The fourth-order valence-electron chi connectivity index (χ4n) is 3.83. The molecule has 3 rings (SSSR count). The third-order valence-electron chi connectivity index (χ3n) is 5.07. The quantitative estimate of drug-likeness (QED) is 0.805. The molecule has 144 valence electrons. The first kappa shape index (κ1) is 19.0. The fraction of sp³-hybridized carbons (Fsp3) is 0.381. The van der Waals surface area contributed by atoms with Gasteiger partial charge in [0, 0.05) is 12.1 Å². The summed E-state index contributed by atoms with van der Waals surface area (Å²) in [6.45, 7) is 0.702. The summed E-state index contributed by atoms with van der Waals surface area (Å²) < 4.78 is 16.4. The lowest BCUT2D eigenvalue weighted by Crippen LogP contribution is -2.39. The van der Waals surface area contributed by atoms with E-state index in [0.717, 1.165) is 23.3 Å². The van der Waals surface area contributed by atoms with Gasteiger partial charge in [0.2, 0.25) is 0 Å². The first-order valence-electron chi connectivity index (χ1n) is 8.94. The predicted octanol–water partition coefficient (Wildman–Crippen LogP) is 3.35. The van der Waals surface area contributed by atoms with Crippen molar-refractivity contribution in [1.29, 1.82) is 0 Å². The molecule has 0 amide bonds. The highest BCUT2D eigenvalue weighted by atomic mass is 16.5. The molecule has 6 nitrogen and oxygen atoms in total. The molecule has 2 aromatic rings. The van der Waals surface area contributed by atoms with Crippen LogP contribution in [0.15, 0.2) is 42.5 Å². The predicted molar refractivity (Wildman–Crippen MR) is 102 cm³/mol. The highest BCUT2D eigenvalue weighted by molar-refractivity contribution is 5.74. The SMILES string of the molecule is COc1ccc(C(c2cccc(OC)c2OC)N2CCCC2C(=O)O)cc1. The van der Waals surface area contributed by atoms with E-state index in [2.05, 4.69) is 0 Å². The Bertz CT molecular complexity index is 790. The molecule has 1 saturated heterocycles. The van der Waals surface area contributed by atoms with Gasteiger partial charge in [-0.3, -0.25) is 9.69 Å². The normalized spacial score (nSPS) is 18.1. The Morgan fingerprint density at radius 3 is 2.41 bits per heavy atom. The molecule has 27 heavy (non-hydrogen) atoms. The number of carboxylic acids is 1. The van der Waals surface area contributed by atoms with E-state index >= 15 is 0 Å². The highest BCUT2D eigenvalue weighted by Gasteiger charge is 2.38. The number of benzene rings is 2. The summed E-state index contributed by atoms with van der Waals surface area (Å²) in [5.41, 5.74) is 1.87. The van der Waals surface area contributed by atoms with Gasteiger partial charge in [0.25, 0.3) is 0 Å². The lowest BCUT2D eigenvalue weighted by molar-refractivity contribution is -0.142. The minimum absolute atomic E-state index is 0.260. The standard InChI is InChI=1S/C21H25NO5/c1-25-15-11-9-14(10-12-15)19(22-13-5-7-17(22)21(23)24)16-6-4-8-18(26-2)20(16)27-3/h4,6,8-12,17,19H,5,7,13H2,1-3H3,(H,23,24). The molecule has 1 heterocycles. The zero-order valence-corrected chi connectivity index (χ0v) is 15.8. The monoisotopic (exact) mass is 371 g/mol. The summed E-state index contributed by atoms with van der Waals surface area (Å²) in [5.74, 6) is 1.20. The van der Waals surface area contributed by atoms with Crippen LogP contribution in [-0.2, 0) is 4.79 Å². The van der Waals surface area contributed by atoms with Crippen LogP contribution >= 0.6 is 0 Å². The molecule has 2 aromatic carbocycles. The first-order chi connectivity index (χ1) is 13.1. The summed E-state index contributed by atoms with van der Waals surface area (Å²) >= 11 is 0. The van der Waals surface area contributed by atoms with Gasteiger partial charge in [-0.15, -0.1) is 0 Å². The largest absolute Gasteiger partial charge is 0.497 e. The Morgan fingerprint density at radius 1 is 1.07 bits per heavy atom. The van der Waals surface area contributed by atoms with Crippen LogP contribution < -0.4 is 14.2 Å². The summed E-state index contributed by atoms with van der Waals surface area (Å²) in [5, 5.41) is 9.72. The van der Waals surface area contributed by atoms with Gasteiger partial charge < -0.3 is 19.3 Å². The molecule has 0 radical (unpaired) electrons. The van der Waals surface area contributed by atoms with Crippen molar-refractivity contribution >= 4 is 5.97 Å². The lowest BCUT2D eigenvalue weighted by atomic mass is 9.95. The van der Waals surface area contributed by atoms with Gasteiger partial charge in [-0.25, -0.2) is 0 Å². The van der Waals surface area contributed by atoms with Crippen molar-refractivity contribution in [3.63, 3.8) is 0 Å². The van der Waals surface area contributed by atoms with Crippen molar-refractivity contribution in [2.75, 3.05) is 27.9 Å². The average Bonchev–Trinajstić information content (AvgIpc) is 3.18. The minimum atomic E-state index is -0.798. The third kappa shape index (κ3) is 3.71. The molecular weight excluding hydrogens is 346 g/mol. The molecule has 6 heteroatoms. The van der Waals surface area contributed by atoms with Crippen molar-refractivity contribution < 1.29 is 24.1 Å². The van der Waals surface area contributed by atoms with Crippen molar-refractivity contribution in [3.05, 3.63) is 53.6 Å². The summed E-state index contributed by atoms with van der Waals surface area (Å²) in [6, 6.07) is 12.6. The maximum atomic E-state index is 11.8. The number of hydrogen-bond donors (Lipinski definition) is 1. The van der Waals surface area contributed by atoms with Crippen LogP contribution in [0.1, 0.15) is 30.0 Å². The maximum Gasteiger partial charge on any atom is 0.320 e. The van der Waals surface area contributed by atoms with E-state index in [1.54, 1.807) is 21.3 Å². The van der Waals surface area contributed by atoms with E-state index in [1.165, 1.54) is 0 Å². The minimum Gasteiger partial charge on any atom is -0.497 e. The fourth-order valence-corrected chi connectivity index (χ4v) is 3.83. The molecule has 1 aliphatic heterocycles. The molecule has 0 saturated carbocycles. The zero-order valence-electron chi connectivity index (χ0n) is 15.8. The molecular formula is C21H25NO5. The number of hydrogen-bond acceptors (Lipinski definition) is 5. The van der Waals surface area contributed by atoms with E-state index in [4.69, 9.17) is 14.2 Å². The van der Waals surface area contributed by atoms with Crippen LogP contribution in [0.4, 0.5) is 0 Å². The molecule has 0 aromatic heterocycles. The average molecular weight is 371 g/mol. The lowest BCUT2D eigenvalue weighted by Gasteiger charge is -2.33. The number of rotatable bonds is 7. The third-order valence-corrected chi connectivity index (χ3v) is 5.07. The number of aliphatic carboxylic acids is 1. The Labute approximate surface area is 159 Å². The van der Waals surface area contributed by atoms with Gasteiger partial charge in [-0.2, -0.15) is 0 Å². The topological polar surface area (TPSA) is 68.2 Å². The number of carbonyl (C=O) groups is 1. The van der Waals surface area contributed by atoms with Crippen molar-refractivity contribution in [3.8, 4) is 17.2 Å². The van der Waals surface area contributed by atoms with Crippen LogP contribution in [0.25, 0.3) is 0 Å². The zero-order chi connectivity index (χ0) is 19.4. The molecule has 2 unspecified atom stereocenters. The second-order valence-corrected chi connectivity index (χ2v) is 6.49. The summed E-state index contributed by atoms with van der Waals surface area (Å²) in [7, 11) is 4.82. The number of carboxylic acid groups (broad SMARTS) is 1. The van der Waals surface area contributed by atoms with Crippen LogP contribution in [0.5, 0.6) is 17.2 Å². The van der Waals surface area contributed by atoms with Crippen LogP contribution in [0.2, 0.25) is 0 Å². The van der Waals surface area contributed by atoms with E-state index in [9.17, 15) is 9.90 Å². The number of methoxy groups -OCH3 is 3. The van der Waals surface area contributed by atoms with Crippen LogP contribution in [0, 0.1) is 0 Å². The number of nitrogens with zero attached hydrogens (tertiary/aromatic N) is 1. The number of ether oxygens (including phenoxy) is 3. The molecule has 0 spiro atoms. The Balaban J connectivity index is 2.14. The van der Waals surface area contributed by atoms with Crippen molar-refractivity contribution in [2.24, 2.45) is 0 Å². The molecule has 1 aliphatic rings. The summed E-state index contributed by atoms with van der Waals surface area (Å²) in [6.07, 6.45) is 1.48. The van der Waals surface area contributed by atoms with Crippen molar-refractivity contribution in [1.82, 2.24) is 4.90 Å². The van der Waals surface area contributed by atoms with E-state index in [-0.39, 0.29) is 6.04 Å². The smallest absolute Gasteiger partial charge is 0.320 e. The molecule has 2 atom stereocenters. The Morgan fingerprint density at radius 2 is 1.81 bits per heavy atom. The molecule has 1 N–H and O–H groups in total. The maximum absolute atomic E-state index is 11.8. The molecule has 0 aliphatic carbocycles. The highest BCUT2D eigenvalue weighted by Crippen LogP contribution is 2.42. The van der Waals surface area contributed by atoms with Crippen LogP contribution in [-0.4, -0.2) is 49.9 Å². The number of likely N-dealkylation sites (tertiary alicyclic amines) is 1. The molecule has 0 bridgehead atoms. The first-order valence-corrected chi connectivity index (χ1v) is 8.94. The second-order valence-electron chi connectivity index (χ2n) is 6.49. The Hall–Kier alpha value is -2.73. The second kappa shape index (κ2) is 8.31. The van der Waals surface area contributed by atoms with Gasteiger partial charge >= 0.3 is 5.97 Å². The van der Waals surface area contributed by atoms with Gasteiger partial charge in [-0.1, -0.05) is 24.3 Å². The summed E-state index contributed by atoms with van der Waals surface area (Å²) in [4.78, 5) is 13.9. The van der Waals surface area contributed by atoms with E-state index in [0.29, 0.717) is 24.5 Å². The van der Waals surface area contributed by atoms with E-state index < -0.39 is 12.0 Å². The van der Waals surface area contributed by atoms with Crippen LogP contribution in [0.3, 0.4) is 0 Å². The van der Waals surface area contributed by atoms with Gasteiger partial charge in [0.1, 0.15) is 11.8 Å². The van der Waals surface area contributed by atoms with Crippen molar-refractivity contribution in [2.45, 2.75) is 24.9 Å².